The van der Waals surface area contributed by atoms with Gasteiger partial charge in [-0.05, 0) is 32.1 Å². The molecule has 1 N–H and O–H groups in total. The number of likely N-dealkylation sites (tertiary alicyclic amines) is 1. The SMILES string of the molecule is CCCC(C)C(=O)NC1(CC)CCN(C(=O)c2cnc(CC)s2)CC1. The number of thiazole rings is 1. The van der Waals surface area contributed by atoms with Gasteiger partial charge in [0.15, 0.2) is 0 Å². The molecular formula is C19H31N3O2S. The van der Waals surface area contributed by atoms with Crippen molar-refractivity contribution in [3.8, 4) is 0 Å². The second-order valence-corrected chi connectivity index (χ2v) is 8.19. The van der Waals surface area contributed by atoms with Crippen LogP contribution in [0.5, 0.6) is 0 Å². The predicted molar refractivity (Wildman–Crippen MR) is 102 cm³/mol. The molecule has 2 heterocycles. The summed E-state index contributed by atoms with van der Waals surface area (Å²) in [6, 6.07) is 0. The molecule has 1 fully saturated rings. The molecule has 1 aromatic heterocycles. The molecule has 1 atom stereocenters. The molecule has 0 aliphatic carbocycles. The van der Waals surface area contributed by atoms with E-state index in [1.54, 1.807) is 6.20 Å². The Morgan fingerprint density at radius 3 is 2.52 bits per heavy atom. The quantitative estimate of drug-likeness (QED) is 0.802. The van der Waals surface area contributed by atoms with Crippen LogP contribution in [0.3, 0.4) is 0 Å². The summed E-state index contributed by atoms with van der Waals surface area (Å²) in [6.07, 6.45) is 7.03. The lowest BCUT2D eigenvalue weighted by Crippen LogP contribution is -2.56. The Bertz CT molecular complexity index is 591. The smallest absolute Gasteiger partial charge is 0.265 e. The Kier molecular flexibility index (Phi) is 6.99. The van der Waals surface area contributed by atoms with E-state index in [0.29, 0.717) is 13.1 Å². The fourth-order valence-corrected chi connectivity index (χ4v) is 4.21. The fourth-order valence-electron chi connectivity index (χ4n) is 3.38. The number of carbonyl (C=O) groups excluding carboxylic acids is 2. The van der Waals surface area contributed by atoms with Crippen molar-refractivity contribution in [2.24, 2.45) is 5.92 Å². The summed E-state index contributed by atoms with van der Waals surface area (Å²) in [5, 5.41) is 4.29. The number of nitrogens with one attached hydrogen (secondary N) is 1. The molecule has 1 aromatic rings. The van der Waals surface area contributed by atoms with Crippen molar-refractivity contribution >= 4 is 23.2 Å². The molecule has 6 heteroatoms. The maximum atomic E-state index is 12.7. The van der Waals surface area contributed by atoms with Gasteiger partial charge in [0.25, 0.3) is 5.91 Å². The van der Waals surface area contributed by atoms with E-state index < -0.39 is 0 Å². The lowest BCUT2D eigenvalue weighted by Gasteiger charge is -2.42. The van der Waals surface area contributed by atoms with Gasteiger partial charge < -0.3 is 10.2 Å². The summed E-state index contributed by atoms with van der Waals surface area (Å²) in [7, 11) is 0. The Balaban J connectivity index is 1.95. The fraction of sp³-hybridized carbons (Fsp3) is 0.737. The van der Waals surface area contributed by atoms with Crippen molar-refractivity contribution in [2.75, 3.05) is 13.1 Å². The van der Waals surface area contributed by atoms with Gasteiger partial charge in [0.05, 0.1) is 11.2 Å². The maximum absolute atomic E-state index is 12.7. The molecule has 25 heavy (non-hydrogen) atoms. The minimum Gasteiger partial charge on any atom is -0.350 e. The molecule has 1 aliphatic heterocycles. The average Bonchev–Trinajstić information content (AvgIpc) is 3.11. The third-order valence-electron chi connectivity index (χ3n) is 5.31. The van der Waals surface area contributed by atoms with Gasteiger partial charge in [-0.2, -0.15) is 0 Å². The van der Waals surface area contributed by atoms with E-state index in [0.717, 1.165) is 48.4 Å². The number of hydrogen-bond acceptors (Lipinski definition) is 4. The van der Waals surface area contributed by atoms with Crippen LogP contribution in [0.15, 0.2) is 6.20 Å². The Morgan fingerprint density at radius 2 is 2.00 bits per heavy atom. The number of aromatic nitrogens is 1. The van der Waals surface area contributed by atoms with Gasteiger partial charge >= 0.3 is 0 Å². The van der Waals surface area contributed by atoms with E-state index in [4.69, 9.17) is 0 Å². The van der Waals surface area contributed by atoms with Gasteiger partial charge in [0.1, 0.15) is 4.88 Å². The molecule has 0 bridgehead atoms. The largest absolute Gasteiger partial charge is 0.350 e. The normalized spacial score (nSPS) is 18.0. The van der Waals surface area contributed by atoms with Crippen LogP contribution in [-0.2, 0) is 11.2 Å². The third kappa shape index (κ3) is 4.81. The Labute approximate surface area is 155 Å². The van der Waals surface area contributed by atoms with Gasteiger partial charge in [-0.25, -0.2) is 4.98 Å². The molecule has 1 aliphatic rings. The zero-order chi connectivity index (χ0) is 18.4. The number of rotatable bonds is 7. The first-order valence-corrected chi connectivity index (χ1v) is 10.3. The van der Waals surface area contributed by atoms with E-state index >= 15 is 0 Å². The van der Waals surface area contributed by atoms with Crippen LogP contribution in [0, 0.1) is 5.92 Å². The highest BCUT2D eigenvalue weighted by Crippen LogP contribution is 2.28. The summed E-state index contributed by atoms with van der Waals surface area (Å²) in [6.45, 7) is 9.65. The molecule has 1 unspecified atom stereocenters. The lowest BCUT2D eigenvalue weighted by atomic mass is 9.84. The maximum Gasteiger partial charge on any atom is 0.265 e. The first kappa shape index (κ1) is 19.9. The number of aryl methyl sites for hydroxylation is 1. The zero-order valence-corrected chi connectivity index (χ0v) is 16.7. The Hall–Kier alpha value is -1.43. The van der Waals surface area contributed by atoms with E-state index in [1.807, 2.05) is 18.7 Å². The number of piperidine rings is 1. The van der Waals surface area contributed by atoms with Crippen LogP contribution < -0.4 is 5.32 Å². The molecule has 0 radical (unpaired) electrons. The Morgan fingerprint density at radius 1 is 1.32 bits per heavy atom. The molecule has 140 valence electrons. The van der Waals surface area contributed by atoms with Crippen LogP contribution in [0.2, 0.25) is 0 Å². The highest BCUT2D eigenvalue weighted by molar-refractivity contribution is 7.13. The molecular weight excluding hydrogens is 334 g/mol. The standard InChI is InChI=1S/C19H31N3O2S/c1-5-8-14(4)17(23)21-19(7-3)9-11-22(12-10-19)18(24)15-13-20-16(6-2)25-15/h13-14H,5-12H2,1-4H3,(H,21,23). The van der Waals surface area contributed by atoms with Crippen LogP contribution in [0.25, 0.3) is 0 Å². The molecule has 2 rings (SSSR count). The van der Waals surface area contributed by atoms with Gasteiger partial charge in [0.2, 0.25) is 5.91 Å². The zero-order valence-electron chi connectivity index (χ0n) is 15.9. The van der Waals surface area contributed by atoms with Gasteiger partial charge in [-0.3, -0.25) is 9.59 Å². The molecule has 1 saturated heterocycles. The lowest BCUT2D eigenvalue weighted by molar-refractivity contribution is -0.127. The van der Waals surface area contributed by atoms with Crippen LogP contribution >= 0.6 is 11.3 Å². The topological polar surface area (TPSA) is 62.3 Å². The molecule has 0 saturated carbocycles. The van der Waals surface area contributed by atoms with E-state index in [9.17, 15) is 9.59 Å². The minimum absolute atomic E-state index is 0.0535. The van der Waals surface area contributed by atoms with Crippen molar-refractivity contribution < 1.29 is 9.59 Å². The first-order chi connectivity index (χ1) is 11.9. The highest BCUT2D eigenvalue weighted by Gasteiger charge is 2.36. The second-order valence-electron chi connectivity index (χ2n) is 7.08. The highest BCUT2D eigenvalue weighted by atomic mass is 32.1. The summed E-state index contributed by atoms with van der Waals surface area (Å²) >= 11 is 1.49. The van der Waals surface area contributed by atoms with E-state index in [-0.39, 0.29) is 23.3 Å². The van der Waals surface area contributed by atoms with Gasteiger partial charge in [-0.1, -0.05) is 34.1 Å². The first-order valence-electron chi connectivity index (χ1n) is 9.50. The number of carbonyl (C=O) groups is 2. The van der Waals surface area contributed by atoms with Gasteiger partial charge in [-0.15, -0.1) is 11.3 Å². The van der Waals surface area contributed by atoms with Crippen LogP contribution in [0.4, 0.5) is 0 Å². The summed E-state index contributed by atoms with van der Waals surface area (Å²) in [4.78, 5) is 32.0. The van der Waals surface area contributed by atoms with E-state index in [1.165, 1.54) is 11.3 Å². The second kappa shape index (κ2) is 8.79. The third-order valence-corrected chi connectivity index (χ3v) is 6.44. The number of hydrogen-bond donors (Lipinski definition) is 1. The molecule has 0 aromatic carbocycles. The van der Waals surface area contributed by atoms with Crippen LogP contribution in [0.1, 0.15) is 74.5 Å². The molecule has 0 spiro atoms. The summed E-state index contributed by atoms with van der Waals surface area (Å²) in [5.74, 6) is 0.281. The number of nitrogens with zero attached hydrogens (tertiary/aromatic N) is 2. The molecule has 2 amide bonds. The number of amides is 2. The van der Waals surface area contributed by atoms with Crippen molar-refractivity contribution in [2.45, 2.75) is 71.8 Å². The van der Waals surface area contributed by atoms with Crippen molar-refractivity contribution in [3.05, 3.63) is 16.1 Å². The molecule has 5 nitrogen and oxygen atoms in total. The monoisotopic (exact) mass is 365 g/mol. The van der Waals surface area contributed by atoms with E-state index in [2.05, 4.69) is 24.1 Å². The van der Waals surface area contributed by atoms with Crippen molar-refractivity contribution in [1.82, 2.24) is 15.2 Å². The van der Waals surface area contributed by atoms with Crippen molar-refractivity contribution in [1.29, 1.82) is 0 Å². The van der Waals surface area contributed by atoms with Crippen LogP contribution in [-0.4, -0.2) is 40.3 Å². The minimum atomic E-state index is -0.169. The average molecular weight is 366 g/mol. The summed E-state index contributed by atoms with van der Waals surface area (Å²) in [5.41, 5.74) is -0.169. The summed E-state index contributed by atoms with van der Waals surface area (Å²) < 4.78 is 0. The van der Waals surface area contributed by atoms with Crippen molar-refractivity contribution in [3.63, 3.8) is 0 Å². The predicted octanol–water partition coefficient (Wildman–Crippen LogP) is 3.64. The van der Waals surface area contributed by atoms with Gasteiger partial charge in [0, 0.05) is 24.5 Å².